The minimum absolute atomic E-state index is 0.274. The zero-order valence-corrected chi connectivity index (χ0v) is 17.5. The molecule has 0 radical (unpaired) electrons. The van der Waals surface area contributed by atoms with E-state index in [1.54, 1.807) is 13.2 Å². The molecule has 2 N–H and O–H groups in total. The lowest BCUT2D eigenvalue weighted by atomic mass is 10.2. The van der Waals surface area contributed by atoms with Crippen LogP contribution in [-0.2, 0) is 4.79 Å². The van der Waals surface area contributed by atoms with Gasteiger partial charge < -0.3 is 19.9 Å². The maximum Gasteiger partial charge on any atom is 0.250 e. The van der Waals surface area contributed by atoms with Gasteiger partial charge in [-0.1, -0.05) is 24.3 Å². The van der Waals surface area contributed by atoms with Gasteiger partial charge in [0, 0.05) is 32.3 Å². The first kappa shape index (κ1) is 20.8. The van der Waals surface area contributed by atoms with Crippen molar-refractivity contribution in [3.05, 3.63) is 60.2 Å². The Morgan fingerprint density at radius 3 is 2.45 bits per heavy atom. The number of amides is 1. The van der Waals surface area contributed by atoms with Crippen molar-refractivity contribution in [1.29, 1.82) is 0 Å². The zero-order chi connectivity index (χ0) is 20.6. The first-order chi connectivity index (χ1) is 14.0. The lowest BCUT2D eigenvalue weighted by Crippen LogP contribution is -2.45. The number of hydrogen-bond acceptors (Lipinski definition) is 5. The highest BCUT2D eigenvalue weighted by Gasteiger charge is 2.17. The third kappa shape index (κ3) is 6.04. The normalized spacial score (nSPS) is 14.6. The van der Waals surface area contributed by atoms with Crippen LogP contribution in [0, 0.1) is 0 Å². The third-order valence-corrected chi connectivity index (χ3v) is 4.98. The number of nitrogens with zero attached hydrogens (tertiary/aromatic N) is 2. The average Bonchev–Trinajstić information content (AvgIpc) is 2.73. The second-order valence-corrected chi connectivity index (χ2v) is 7.27. The Bertz CT molecular complexity index is 875. The highest BCUT2D eigenvalue weighted by molar-refractivity contribution is 7.80. The molecule has 7 heteroatoms. The molecule has 1 heterocycles. The second-order valence-electron chi connectivity index (χ2n) is 6.86. The van der Waals surface area contributed by atoms with Gasteiger partial charge in [0.2, 0.25) is 5.91 Å². The number of ether oxygens (including phenoxy) is 1. The van der Waals surface area contributed by atoms with Crippen LogP contribution in [0.4, 0.5) is 11.4 Å². The summed E-state index contributed by atoms with van der Waals surface area (Å²) in [7, 11) is 3.75. The van der Waals surface area contributed by atoms with Crippen LogP contribution in [0.1, 0.15) is 5.56 Å². The first-order valence-corrected chi connectivity index (χ1v) is 9.92. The van der Waals surface area contributed by atoms with Crippen LogP contribution in [0.15, 0.2) is 54.6 Å². The molecule has 3 rings (SSSR count). The standard InChI is InChI=1S/C22H26N4O2S/c1-25-13-15-26(16-14-25)20-6-4-3-5-19(20)23-22(29)24-21(27)12-9-17-7-10-18(28-2)11-8-17/h3-12H,13-16H2,1-2H3,(H2,23,24,27,29)/b12-9+. The van der Waals surface area contributed by atoms with Crippen molar-refractivity contribution in [1.82, 2.24) is 10.2 Å². The summed E-state index contributed by atoms with van der Waals surface area (Å²) in [6.45, 7) is 3.95. The molecule has 29 heavy (non-hydrogen) atoms. The van der Waals surface area contributed by atoms with Crippen LogP contribution in [-0.4, -0.2) is 56.3 Å². The summed E-state index contributed by atoms with van der Waals surface area (Å²) in [4.78, 5) is 16.8. The molecule has 0 bridgehead atoms. The average molecular weight is 411 g/mol. The van der Waals surface area contributed by atoms with Crippen molar-refractivity contribution in [3.8, 4) is 5.75 Å². The van der Waals surface area contributed by atoms with Crippen LogP contribution >= 0.6 is 12.2 Å². The lowest BCUT2D eigenvalue weighted by Gasteiger charge is -2.35. The number of carbonyl (C=O) groups is 1. The fraction of sp³-hybridized carbons (Fsp3) is 0.273. The van der Waals surface area contributed by atoms with E-state index in [4.69, 9.17) is 17.0 Å². The van der Waals surface area contributed by atoms with E-state index in [1.165, 1.54) is 6.08 Å². The number of nitrogens with one attached hydrogen (secondary N) is 2. The van der Waals surface area contributed by atoms with Crippen LogP contribution in [0.5, 0.6) is 5.75 Å². The molecule has 0 unspecified atom stereocenters. The number of likely N-dealkylation sites (N-methyl/N-ethyl adjacent to an activating group) is 1. The molecule has 0 saturated carbocycles. The fourth-order valence-corrected chi connectivity index (χ4v) is 3.31. The van der Waals surface area contributed by atoms with Crippen LogP contribution in [0.25, 0.3) is 6.08 Å². The number of carbonyl (C=O) groups excluding carboxylic acids is 1. The van der Waals surface area contributed by atoms with Gasteiger partial charge in [0.25, 0.3) is 0 Å². The van der Waals surface area contributed by atoms with Crippen molar-refractivity contribution in [2.24, 2.45) is 0 Å². The SMILES string of the molecule is COc1ccc(/C=C/C(=O)NC(=S)Nc2ccccc2N2CCN(C)CC2)cc1. The van der Waals surface area contributed by atoms with Crippen molar-refractivity contribution in [2.45, 2.75) is 0 Å². The summed E-state index contributed by atoms with van der Waals surface area (Å²) in [5.41, 5.74) is 2.88. The van der Waals surface area contributed by atoms with E-state index in [-0.39, 0.29) is 11.0 Å². The monoisotopic (exact) mass is 410 g/mol. The molecule has 0 aromatic heterocycles. The summed E-state index contributed by atoms with van der Waals surface area (Å²) in [5.74, 6) is 0.492. The predicted molar refractivity (Wildman–Crippen MR) is 123 cm³/mol. The Hall–Kier alpha value is -2.90. The smallest absolute Gasteiger partial charge is 0.250 e. The molecule has 1 aliphatic rings. The molecular weight excluding hydrogens is 384 g/mol. The van der Waals surface area contributed by atoms with E-state index < -0.39 is 0 Å². The molecule has 1 saturated heterocycles. The molecule has 2 aromatic carbocycles. The van der Waals surface area contributed by atoms with Gasteiger partial charge in [0.1, 0.15) is 5.75 Å². The molecule has 6 nitrogen and oxygen atoms in total. The van der Waals surface area contributed by atoms with Gasteiger partial charge in [-0.25, -0.2) is 0 Å². The van der Waals surface area contributed by atoms with Crippen LogP contribution in [0.3, 0.4) is 0 Å². The summed E-state index contributed by atoms with van der Waals surface area (Å²) in [6, 6.07) is 15.5. The first-order valence-electron chi connectivity index (χ1n) is 9.52. The van der Waals surface area contributed by atoms with Gasteiger partial charge in [-0.2, -0.15) is 0 Å². The number of hydrogen-bond donors (Lipinski definition) is 2. The summed E-state index contributed by atoms with van der Waals surface area (Å²) in [6.07, 6.45) is 3.19. The van der Waals surface area contributed by atoms with Crippen molar-refractivity contribution < 1.29 is 9.53 Å². The van der Waals surface area contributed by atoms with E-state index in [0.717, 1.165) is 48.9 Å². The van der Waals surface area contributed by atoms with Gasteiger partial charge in [-0.15, -0.1) is 0 Å². The van der Waals surface area contributed by atoms with Crippen LogP contribution in [0.2, 0.25) is 0 Å². The lowest BCUT2D eigenvalue weighted by molar-refractivity contribution is -0.115. The van der Waals surface area contributed by atoms with E-state index >= 15 is 0 Å². The van der Waals surface area contributed by atoms with Crippen molar-refractivity contribution >= 4 is 40.7 Å². The zero-order valence-electron chi connectivity index (χ0n) is 16.7. The number of piperazine rings is 1. The number of anilines is 2. The van der Waals surface area contributed by atoms with Crippen LogP contribution < -0.4 is 20.3 Å². The second kappa shape index (κ2) is 10.0. The molecular formula is C22H26N4O2S. The summed E-state index contributed by atoms with van der Waals surface area (Å²) < 4.78 is 5.13. The fourth-order valence-electron chi connectivity index (χ4n) is 3.10. The number of benzene rings is 2. The maximum atomic E-state index is 12.2. The van der Waals surface area contributed by atoms with Gasteiger partial charge in [0.05, 0.1) is 18.5 Å². The molecule has 1 fully saturated rings. The summed E-state index contributed by atoms with van der Waals surface area (Å²) in [5, 5.41) is 6.13. The minimum atomic E-state index is -0.282. The van der Waals surface area contributed by atoms with Gasteiger partial charge in [-0.05, 0) is 55.2 Å². The number of rotatable bonds is 5. The van der Waals surface area contributed by atoms with Crippen molar-refractivity contribution in [2.75, 3.05) is 50.6 Å². The molecule has 2 aromatic rings. The quantitative estimate of drug-likeness (QED) is 0.584. The summed E-state index contributed by atoms with van der Waals surface area (Å²) >= 11 is 5.34. The topological polar surface area (TPSA) is 56.8 Å². The van der Waals surface area contributed by atoms with Gasteiger partial charge >= 0.3 is 0 Å². The number of thiocarbonyl (C=S) groups is 1. The van der Waals surface area contributed by atoms with Crippen molar-refractivity contribution in [3.63, 3.8) is 0 Å². The molecule has 1 aliphatic heterocycles. The highest BCUT2D eigenvalue weighted by atomic mass is 32.1. The highest BCUT2D eigenvalue weighted by Crippen LogP contribution is 2.26. The minimum Gasteiger partial charge on any atom is -0.497 e. The Labute approximate surface area is 177 Å². The predicted octanol–water partition coefficient (Wildman–Crippen LogP) is 2.97. The van der Waals surface area contributed by atoms with Gasteiger partial charge in [-0.3, -0.25) is 10.1 Å². The maximum absolute atomic E-state index is 12.2. The Kier molecular flexibility index (Phi) is 7.21. The largest absolute Gasteiger partial charge is 0.497 e. The van der Waals surface area contributed by atoms with E-state index in [0.29, 0.717) is 0 Å². The van der Waals surface area contributed by atoms with E-state index in [2.05, 4.69) is 33.5 Å². The van der Waals surface area contributed by atoms with E-state index in [1.807, 2.05) is 42.5 Å². The third-order valence-electron chi connectivity index (χ3n) is 4.78. The number of para-hydroxylation sites is 2. The van der Waals surface area contributed by atoms with E-state index in [9.17, 15) is 4.79 Å². The Morgan fingerprint density at radius 1 is 1.07 bits per heavy atom. The number of methoxy groups -OCH3 is 1. The Balaban J connectivity index is 1.57. The molecule has 152 valence electrons. The molecule has 0 aliphatic carbocycles. The molecule has 1 amide bonds. The molecule has 0 atom stereocenters. The van der Waals surface area contributed by atoms with Gasteiger partial charge in [0.15, 0.2) is 5.11 Å². The Morgan fingerprint density at radius 2 is 1.76 bits per heavy atom. The molecule has 0 spiro atoms.